The van der Waals surface area contributed by atoms with Gasteiger partial charge in [0.2, 0.25) is 0 Å². The molecule has 1 N–H and O–H groups in total. The summed E-state index contributed by atoms with van der Waals surface area (Å²) in [7, 11) is 2.18. The first-order chi connectivity index (χ1) is 10.1. The first kappa shape index (κ1) is 14.7. The molecule has 1 aliphatic rings. The van der Waals surface area contributed by atoms with Crippen LogP contribution in [0.4, 0.5) is 5.82 Å². The van der Waals surface area contributed by atoms with Crippen molar-refractivity contribution >= 4 is 27.4 Å². The van der Waals surface area contributed by atoms with Crippen LogP contribution in [0.15, 0.2) is 22.9 Å². The molecule has 114 valence electrons. The van der Waals surface area contributed by atoms with E-state index in [4.69, 9.17) is 0 Å². The van der Waals surface area contributed by atoms with Crippen molar-refractivity contribution < 1.29 is 0 Å². The average Bonchev–Trinajstić information content (AvgIpc) is 2.83. The van der Waals surface area contributed by atoms with Crippen molar-refractivity contribution in [3.63, 3.8) is 0 Å². The lowest BCUT2D eigenvalue weighted by Gasteiger charge is -2.34. The van der Waals surface area contributed by atoms with Gasteiger partial charge in [0.05, 0.1) is 10.7 Å². The van der Waals surface area contributed by atoms with Crippen LogP contribution in [-0.4, -0.2) is 70.2 Å². The first-order valence-electron chi connectivity index (χ1n) is 7.29. The summed E-state index contributed by atoms with van der Waals surface area (Å²) in [5.74, 6) is 0.894. The Bertz CT molecular complexity index is 605. The number of hydrogen-bond donors (Lipinski definition) is 1. The average molecular weight is 353 g/mol. The molecule has 1 saturated heterocycles. The van der Waals surface area contributed by atoms with Gasteiger partial charge < -0.3 is 10.2 Å². The highest BCUT2D eigenvalue weighted by Gasteiger charge is 2.16. The van der Waals surface area contributed by atoms with E-state index in [1.54, 1.807) is 10.7 Å². The Balaban J connectivity index is 1.60. The number of hydrogen-bond acceptors (Lipinski definition) is 5. The lowest BCUT2D eigenvalue weighted by atomic mass is 10.2. The van der Waals surface area contributed by atoms with Gasteiger partial charge in [-0.1, -0.05) is 0 Å². The van der Waals surface area contributed by atoms with E-state index in [2.05, 4.69) is 55.1 Å². The third-order valence-electron chi connectivity index (χ3n) is 3.85. The molecule has 1 unspecified atom stereocenters. The zero-order valence-corrected chi connectivity index (χ0v) is 14.0. The van der Waals surface area contributed by atoms with Gasteiger partial charge in [-0.15, -0.1) is 0 Å². The smallest absolute Gasteiger partial charge is 0.171 e. The van der Waals surface area contributed by atoms with Crippen molar-refractivity contribution in [3.05, 3.63) is 22.9 Å². The number of nitrogens with zero attached hydrogens (tertiary/aromatic N) is 5. The molecule has 0 saturated carbocycles. The number of halogens is 1. The summed E-state index contributed by atoms with van der Waals surface area (Å²) in [6, 6.07) is 2.33. The lowest BCUT2D eigenvalue weighted by molar-refractivity contribution is 0.151. The molecule has 1 aliphatic heterocycles. The fraction of sp³-hybridized carbons (Fsp3) is 0.571. The first-order valence-corrected chi connectivity index (χ1v) is 8.08. The molecule has 7 heteroatoms. The van der Waals surface area contributed by atoms with Crippen LogP contribution in [0.5, 0.6) is 0 Å². The number of piperazine rings is 1. The molecule has 0 aliphatic carbocycles. The summed E-state index contributed by atoms with van der Waals surface area (Å²) in [6.45, 7) is 7.84. The molecule has 3 heterocycles. The van der Waals surface area contributed by atoms with Gasteiger partial charge in [-0.2, -0.15) is 5.10 Å². The second-order valence-electron chi connectivity index (χ2n) is 5.72. The van der Waals surface area contributed by atoms with Crippen LogP contribution in [0.1, 0.15) is 6.92 Å². The SMILES string of the molecule is CC(CN1CCN(C)CC1)Nc1ccn2ncc(Br)c2n1. The van der Waals surface area contributed by atoms with Crippen molar-refractivity contribution in [2.45, 2.75) is 13.0 Å². The predicted octanol–water partition coefficient (Wildman–Crippen LogP) is 1.54. The maximum Gasteiger partial charge on any atom is 0.171 e. The topological polar surface area (TPSA) is 48.7 Å². The minimum absolute atomic E-state index is 0.366. The minimum atomic E-state index is 0.366. The van der Waals surface area contributed by atoms with E-state index in [0.717, 1.165) is 48.7 Å². The van der Waals surface area contributed by atoms with Crippen molar-refractivity contribution in [1.82, 2.24) is 24.4 Å². The van der Waals surface area contributed by atoms with Crippen LogP contribution < -0.4 is 5.32 Å². The fourth-order valence-electron chi connectivity index (χ4n) is 2.64. The van der Waals surface area contributed by atoms with Crippen LogP contribution in [0.25, 0.3) is 5.65 Å². The monoisotopic (exact) mass is 352 g/mol. The Morgan fingerprint density at radius 1 is 1.33 bits per heavy atom. The van der Waals surface area contributed by atoms with E-state index < -0.39 is 0 Å². The molecule has 21 heavy (non-hydrogen) atoms. The Hall–Kier alpha value is -1.18. The van der Waals surface area contributed by atoms with Gasteiger partial charge in [0.25, 0.3) is 0 Å². The van der Waals surface area contributed by atoms with Crippen LogP contribution >= 0.6 is 15.9 Å². The lowest BCUT2D eigenvalue weighted by Crippen LogP contribution is -2.47. The van der Waals surface area contributed by atoms with E-state index in [9.17, 15) is 0 Å². The molecular formula is C14H21BrN6. The summed E-state index contributed by atoms with van der Waals surface area (Å²) in [6.07, 6.45) is 3.69. The van der Waals surface area contributed by atoms with E-state index >= 15 is 0 Å². The summed E-state index contributed by atoms with van der Waals surface area (Å²) in [5.41, 5.74) is 0.840. The maximum atomic E-state index is 4.60. The van der Waals surface area contributed by atoms with Crippen LogP contribution in [0.2, 0.25) is 0 Å². The number of fused-ring (bicyclic) bond motifs is 1. The van der Waals surface area contributed by atoms with Crippen molar-refractivity contribution in [2.24, 2.45) is 0 Å². The summed E-state index contributed by atoms with van der Waals surface area (Å²) >= 11 is 3.47. The number of likely N-dealkylation sites (N-methyl/N-ethyl adjacent to an activating group) is 1. The second kappa shape index (κ2) is 6.29. The van der Waals surface area contributed by atoms with Gasteiger partial charge in [0.15, 0.2) is 5.65 Å². The van der Waals surface area contributed by atoms with Crippen molar-refractivity contribution in [2.75, 3.05) is 45.1 Å². The van der Waals surface area contributed by atoms with Gasteiger partial charge in [0, 0.05) is 45.0 Å². The standard InChI is InChI=1S/C14H21BrN6/c1-11(10-20-7-5-19(2)6-8-20)17-13-3-4-21-14(18-13)12(15)9-16-21/h3-4,9,11H,5-8,10H2,1-2H3,(H,17,18). The van der Waals surface area contributed by atoms with E-state index in [1.165, 1.54) is 0 Å². The van der Waals surface area contributed by atoms with E-state index in [1.807, 2.05) is 12.3 Å². The number of rotatable bonds is 4. The largest absolute Gasteiger partial charge is 0.366 e. The van der Waals surface area contributed by atoms with Gasteiger partial charge >= 0.3 is 0 Å². The summed E-state index contributed by atoms with van der Waals surface area (Å²) in [5, 5.41) is 7.69. The molecule has 6 nitrogen and oxygen atoms in total. The zero-order valence-electron chi connectivity index (χ0n) is 12.5. The van der Waals surface area contributed by atoms with E-state index in [0.29, 0.717) is 6.04 Å². The molecule has 0 bridgehead atoms. The number of nitrogens with one attached hydrogen (secondary N) is 1. The quantitative estimate of drug-likeness (QED) is 0.904. The molecule has 0 spiro atoms. The molecule has 2 aromatic heterocycles. The molecular weight excluding hydrogens is 332 g/mol. The third-order valence-corrected chi connectivity index (χ3v) is 4.41. The number of anilines is 1. The van der Waals surface area contributed by atoms with Gasteiger partial charge in [-0.3, -0.25) is 4.90 Å². The van der Waals surface area contributed by atoms with E-state index in [-0.39, 0.29) is 0 Å². The normalized spacial score (nSPS) is 19.0. The van der Waals surface area contributed by atoms with Gasteiger partial charge in [-0.25, -0.2) is 9.50 Å². The molecule has 0 radical (unpaired) electrons. The second-order valence-corrected chi connectivity index (χ2v) is 6.58. The maximum absolute atomic E-state index is 4.60. The fourth-order valence-corrected chi connectivity index (χ4v) is 3.00. The van der Waals surface area contributed by atoms with Crippen molar-refractivity contribution in [1.29, 1.82) is 0 Å². The van der Waals surface area contributed by atoms with Crippen LogP contribution in [0, 0.1) is 0 Å². The Labute approximate surface area is 133 Å². The highest BCUT2D eigenvalue weighted by atomic mass is 79.9. The van der Waals surface area contributed by atoms with Crippen LogP contribution in [-0.2, 0) is 0 Å². The van der Waals surface area contributed by atoms with Crippen LogP contribution in [0.3, 0.4) is 0 Å². The molecule has 1 fully saturated rings. The molecule has 2 aromatic rings. The predicted molar refractivity (Wildman–Crippen MR) is 87.7 cm³/mol. The Kier molecular flexibility index (Phi) is 4.42. The third kappa shape index (κ3) is 3.53. The summed E-state index contributed by atoms with van der Waals surface area (Å²) in [4.78, 5) is 9.48. The highest BCUT2D eigenvalue weighted by molar-refractivity contribution is 9.10. The molecule has 0 amide bonds. The zero-order chi connectivity index (χ0) is 14.8. The Morgan fingerprint density at radius 2 is 2.10 bits per heavy atom. The summed E-state index contributed by atoms with van der Waals surface area (Å²) < 4.78 is 2.68. The molecule has 1 atom stereocenters. The molecule has 3 rings (SSSR count). The molecule has 0 aromatic carbocycles. The van der Waals surface area contributed by atoms with Gasteiger partial charge in [-0.05, 0) is 36.0 Å². The number of aromatic nitrogens is 3. The highest BCUT2D eigenvalue weighted by Crippen LogP contribution is 2.17. The van der Waals surface area contributed by atoms with Gasteiger partial charge in [0.1, 0.15) is 5.82 Å². The Morgan fingerprint density at radius 3 is 2.86 bits per heavy atom. The van der Waals surface area contributed by atoms with Crippen molar-refractivity contribution in [3.8, 4) is 0 Å². The minimum Gasteiger partial charge on any atom is -0.366 e.